The van der Waals surface area contributed by atoms with Gasteiger partial charge in [-0.05, 0) is 30.5 Å². The molecule has 0 bridgehead atoms. The molecule has 1 fully saturated rings. The van der Waals surface area contributed by atoms with Crippen LogP contribution in [0.15, 0.2) is 30.0 Å². The molecule has 2 nitrogen and oxygen atoms in total. The molecule has 0 saturated carbocycles. The molecule has 0 radical (unpaired) electrons. The summed E-state index contributed by atoms with van der Waals surface area (Å²) in [4.78, 5) is 14.5. The van der Waals surface area contributed by atoms with Gasteiger partial charge in [0.15, 0.2) is 5.78 Å². The van der Waals surface area contributed by atoms with E-state index in [-0.39, 0.29) is 11.7 Å². The van der Waals surface area contributed by atoms with Crippen LogP contribution in [0, 0.1) is 5.92 Å². The third kappa shape index (κ3) is 2.97. The molecule has 21 heavy (non-hydrogen) atoms. The monoisotopic (exact) mass is 323 g/mol. The number of halogens is 2. The van der Waals surface area contributed by atoms with Crippen molar-refractivity contribution in [1.29, 1.82) is 0 Å². The first-order chi connectivity index (χ1) is 10.1. The van der Waals surface area contributed by atoms with Gasteiger partial charge in [0.25, 0.3) is 0 Å². The summed E-state index contributed by atoms with van der Waals surface area (Å²) >= 11 is 12.3. The fraction of sp³-hybridized carbons (Fsp3) is 0.471. The van der Waals surface area contributed by atoms with E-state index in [1.165, 1.54) is 18.5 Å². The van der Waals surface area contributed by atoms with Crippen molar-refractivity contribution in [2.45, 2.75) is 32.1 Å². The number of allylic oxidation sites excluding steroid dienone is 2. The Kier molecular flexibility index (Phi) is 4.28. The van der Waals surface area contributed by atoms with Crippen LogP contribution in [0.1, 0.15) is 37.7 Å². The fourth-order valence-electron chi connectivity index (χ4n) is 3.49. The molecular formula is C17H19Cl2NO. The van der Waals surface area contributed by atoms with Gasteiger partial charge in [-0.1, -0.05) is 36.2 Å². The summed E-state index contributed by atoms with van der Waals surface area (Å²) in [6.07, 6.45) is 4.80. The van der Waals surface area contributed by atoms with Gasteiger partial charge in [-0.25, -0.2) is 0 Å². The smallest absolute Gasteiger partial charge is 0.158 e. The molecule has 0 aromatic heterocycles. The van der Waals surface area contributed by atoms with Crippen molar-refractivity contribution in [2.75, 3.05) is 13.1 Å². The van der Waals surface area contributed by atoms with Gasteiger partial charge in [-0.3, -0.25) is 4.79 Å². The summed E-state index contributed by atoms with van der Waals surface area (Å²) < 4.78 is 0. The SMILES string of the molecule is CC1C(N2CCCC2)=CC(=O)CC1c1ccc(Cl)cc1Cl. The molecule has 3 rings (SSSR count). The zero-order valence-corrected chi connectivity index (χ0v) is 13.6. The summed E-state index contributed by atoms with van der Waals surface area (Å²) in [5.41, 5.74) is 2.21. The quantitative estimate of drug-likeness (QED) is 0.788. The molecule has 4 heteroatoms. The number of ketones is 1. The third-order valence-corrected chi connectivity index (χ3v) is 5.20. The maximum atomic E-state index is 12.2. The maximum Gasteiger partial charge on any atom is 0.158 e. The van der Waals surface area contributed by atoms with Gasteiger partial charge in [-0.2, -0.15) is 0 Å². The van der Waals surface area contributed by atoms with E-state index < -0.39 is 0 Å². The van der Waals surface area contributed by atoms with Crippen molar-refractivity contribution >= 4 is 29.0 Å². The average Bonchev–Trinajstić information content (AvgIpc) is 2.95. The summed E-state index contributed by atoms with van der Waals surface area (Å²) in [7, 11) is 0. The molecule has 1 aliphatic carbocycles. The largest absolute Gasteiger partial charge is 0.374 e. The lowest BCUT2D eigenvalue weighted by Gasteiger charge is -2.35. The van der Waals surface area contributed by atoms with Gasteiger partial charge in [0.05, 0.1) is 0 Å². The summed E-state index contributed by atoms with van der Waals surface area (Å²) in [6.45, 7) is 4.32. The predicted octanol–water partition coefficient (Wildman–Crippen LogP) is 4.67. The molecule has 0 N–H and O–H groups in total. The van der Waals surface area contributed by atoms with E-state index in [1.54, 1.807) is 6.07 Å². The Hall–Kier alpha value is -0.990. The number of carbonyl (C=O) groups excluding carboxylic acids is 1. The van der Waals surface area contributed by atoms with Gasteiger partial charge in [0.2, 0.25) is 0 Å². The first-order valence-corrected chi connectivity index (χ1v) is 8.26. The molecule has 1 saturated heterocycles. The second-order valence-electron chi connectivity index (χ2n) is 5.99. The number of rotatable bonds is 2. The third-order valence-electron chi connectivity index (χ3n) is 4.63. The van der Waals surface area contributed by atoms with Crippen molar-refractivity contribution in [2.24, 2.45) is 5.92 Å². The van der Waals surface area contributed by atoms with E-state index in [2.05, 4.69) is 11.8 Å². The molecule has 1 aliphatic heterocycles. The highest BCUT2D eigenvalue weighted by Crippen LogP contribution is 2.41. The Bertz CT molecular complexity index is 590. The van der Waals surface area contributed by atoms with Gasteiger partial charge < -0.3 is 4.90 Å². The highest BCUT2D eigenvalue weighted by molar-refractivity contribution is 6.35. The van der Waals surface area contributed by atoms with Gasteiger partial charge in [0.1, 0.15) is 0 Å². The molecule has 2 aliphatic rings. The average molecular weight is 324 g/mol. The Morgan fingerprint density at radius 1 is 1.19 bits per heavy atom. The van der Waals surface area contributed by atoms with Gasteiger partial charge >= 0.3 is 0 Å². The lowest BCUT2D eigenvalue weighted by atomic mass is 9.77. The topological polar surface area (TPSA) is 20.3 Å². The Morgan fingerprint density at radius 3 is 2.57 bits per heavy atom. The highest BCUT2D eigenvalue weighted by atomic mass is 35.5. The lowest BCUT2D eigenvalue weighted by molar-refractivity contribution is -0.115. The number of nitrogens with zero attached hydrogens (tertiary/aromatic N) is 1. The zero-order chi connectivity index (χ0) is 15.0. The normalized spacial score (nSPS) is 26.1. The van der Waals surface area contributed by atoms with E-state index >= 15 is 0 Å². The summed E-state index contributed by atoms with van der Waals surface area (Å²) in [6, 6.07) is 5.59. The molecule has 1 aromatic rings. The van der Waals surface area contributed by atoms with Crippen molar-refractivity contribution in [3.63, 3.8) is 0 Å². The van der Waals surface area contributed by atoms with E-state index in [0.717, 1.165) is 18.7 Å². The molecule has 2 atom stereocenters. The van der Waals surface area contributed by atoms with Crippen molar-refractivity contribution in [3.8, 4) is 0 Å². The molecule has 112 valence electrons. The Morgan fingerprint density at radius 2 is 1.90 bits per heavy atom. The second-order valence-corrected chi connectivity index (χ2v) is 6.84. The number of likely N-dealkylation sites (tertiary alicyclic amines) is 1. The zero-order valence-electron chi connectivity index (χ0n) is 12.1. The predicted molar refractivity (Wildman–Crippen MR) is 86.9 cm³/mol. The number of hydrogen-bond acceptors (Lipinski definition) is 2. The Balaban J connectivity index is 1.93. The van der Waals surface area contributed by atoms with Gasteiger partial charge in [0, 0.05) is 53.2 Å². The molecule has 0 amide bonds. The van der Waals surface area contributed by atoms with Crippen molar-refractivity contribution in [1.82, 2.24) is 4.90 Å². The van der Waals surface area contributed by atoms with Crippen LogP contribution in [-0.4, -0.2) is 23.8 Å². The molecular weight excluding hydrogens is 305 g/mol. The van der Waals surface area contributed by atoms with Crippen LogP contribution < -0.4 is 0 Å². The Labute approximate surface area is 135 Å². The summed E-state index contributed by atoms with van der Waals surface area (Å²) in [5.74, 6) is 0.647. The fourth-order valence-corrected chi connectivity index (χ4v) is 4.04. The van der Waals surface area contributed by atoms with Gasteiger partial charge in [-0.15, -0.1) is 0 Å². The second kappa shape index (κ2) is 6.02. The molecule has 2 unspecified atom stereocenters. The van der Waals surface area contributed by atoms with E-state index in [4.69, 9.17) is 23.2 Å². The van der Waals surface area contributed by atoms with Crippen LogP contribution in [0.2, 0.25) is 10.0 Å². The number of benzene rings is 1. The standard InChI is InChI=1S/C17H19Cl2NO/c1-11-15(14-5-4-12(18)8-16(14)19)9-13(21)10-17(11)20-6-2-3-7-20/h4-5,8,10-11,15H,2-3,6-7,9H2,1H3. The minimum atomic E-state index is 0.142. The first-order valence-electron chi connectivity index (χ1n) is 7.50. The maximum absolute atomic E-state index is 12.2. The first kappa shape index (κ1) is 14.9. The van der Waals surface area contributed by atoms with Crippen LogP contribution >= 0.6 is 23.2 Å². The van der Waals surface area contributed by atoms with E-state index in [9.17, 15) is 4.79 Å². The summed E-state index contributed by atoms with van der Waals surface area (Å²) in [5, 5.41) is 1.30. The van der Waals surface area contributed by atoms with Crippen LogP contribution in [0.4, 0.5) is 0 Å². The molecule has 1 aromatic carbocycles. The lowest BCUT2D eigenvalue weighted by Crippen LogP contribution is -2.31. The molecule has 0 spiro atoms. The number of carbonyl (C=O) groups is 1. The van der Waals surface area contributed by atoms with Crippen LogP contribution in [0.3, 0.4) is 0 Å². The van der Waals surface area contributed by atoms with Crippen LogP contribution in [-0.2, 0) is 4.79 Å². The number of hydrogen-bond donors (Lipinski definition) is 0. The van der Waals surface area contributed by atoms with Crippen molar-refractivity contribution in [3.05, 3.63) is 45.6 Å². The van der Waals surface area contributed by atoms with Crippen molar-refractivity contribution < 1.29 is 4.79 Å². The van der Waals surface area contributed by atoms with Crippen LogP contribution in [0.25, 0.3) is 0 Å². The van der Waals surface area contributed by atoms with Crippen LogP contribution in [0.5, 0.6) is 0 Å². The highest BCUT2D eigenvalue weighted by Gasteiger charge is 2.33. The van der Waals surface area contributed by atoms with E-state index in [1.807, 2.05) is 18.2 Å². The minimum Gasteiger partial charge on any atom is -0.374 e. The molecule has 1 heterocycles. The van der Waals surface area contributed by atoms with E-state index in [0.29, 0.717) is 22.4 Å². The minimum absolute atomic E-state index is 0.142.